The molecule has 0 heterocycles. The molecule has 0 aliphatic heterocycles. The number of rotatable bonds is 8. The molecule has 0 saturated heterocycles. The number of carbonyl (C=O) groups is 1. The van der Waals surface area contributed by atoms with Crippen LogP contribution in [0.2, 0.25) is 0 Å². The van der Waals surface area contributed by atoms with Gasteiger partial charge in [-0.05, 0) is 57.2 Å². The average molecular weight is 320 g/mol. The van der Waals surface area contributed by atoms with E-state index >= 15 is 0 Å². The number of hydrogen-bond donors (Lipinski definition) is 1. The molecule has 0 spiro atoms. The maximum atomic E-state index is 12.4. The molecule has 1 aromatic carbocycles. The molecule has 0 aromatic heterocycles. The third-order valence-corrected chi connectivity index (χ3v) is 4.45. The van der Waals surface area contributed by atoms with Gasteiger partial charge in [0.05, 0.1) is 7.11 Å². The van der Waals surface area contributed by atoms with Crippen molar-refractivity contribution in [3.8, 4) is 5.75 Å². The van der Waals surface area contributed by atoms with Crippen LogP contribution in [-0.4, -0.2) is 36.7 Å². The average Bonchev–Trinajstić information content (AvgIpc) is 2.53. The zero-order valence-corrected chi connectivity index (χ0v) is 15.4. The molecule has 2 atom stereocenters. The Bertz CT molecular complexity index is 471. The molecule has 4 nitrogen and oxygen atoms in total. The van der Waals surface area contributed by atoms with Crippen LogP contribution in [0.3, 0.4) is 0 Å². The molecule has 0 unspecified atom stereocenters. The third kappa shape index (κ3) is 6.12. The van der Waals surface area contributed by atoms with Crippen LogP contribution in [0.1, 0.15) is 46.6 Å². The van der Waals surface area contributed by atoms with Crippen molar-refractivity contribution in [2.24, 2.45) is 5.92 Å². The molecule has 0 aliphatic carbocycles. The minimum Gasteiger partial charge on any atom is -0.497 e. The lowest BCUT2D eigenvalue weighted by atomic mass is 10.0. The second kappa shape index (κ2) is 9.43. The van der Waals surface area contributed by atoms with Crippen molar-refractivity contribution in [2.45, 2.75) is 59.5 Å². The van der Waals surface area contributed by atoms with E-state index in [1.807, 2.05) is 24.0 Å². The van der Waals surface area contributed by atoms with Gasteiger partial charge in [0, 0.05) is 18.6 Å². The number of carbonyl (C=O) groups excluding carboxylic acids is 1. The van der Waals surface area contributed by atoms with Crippen LogP contribution in [0.5, 0.6) is 5.75 Å². The van der Waals surface area contributed by atoms with Crippen molar-refractivity contribution in [3.05, 3.63) is 29.8 Å². The highest BCUT2D eigenvalue weighted by atomic mass is 16.5. The Labute approximate surface area is 141 Å². The molecule has 4 heteroatoms. The van der Waals surface area contributed by atoms with E-state index in [1.54, 1.807) is 7.11 Å². The Morgan fingerprint density at radius 2 is 1.78 bits per heavy atom. The van der Waals surface area contributed by atoms with Crippen LogP contribution in [0.15, 0.2) is 24.3 Å². The predicted octanol–water partition coefficient (Wildman–Crippen LogP) is 4.09. The highest BCUT2D eigenvalue weighted by Gasteiger charge is 2.21. The van der Waals surface area contributed by atoms with E-state index in [0.717, 1.165) is 25.1 Å². The Morgan fingerprint density at radius 3 is 2.26 bits per heavy atom. The van der Waals surface area contributed by atoms with Gasteiger partial charge in [-0.3, -0.25) is 0 Å². The van der Waals surface area contributed by atoms with Gasteiger partial charge in [-0.25, -0.2) is 4.79 Å². The largest absolute Gasteiger partial charge is 0.497 e. The summed E-state index contributed by atoms with van der Waals surface area (Å²) >= 11 is 0. The van der Waals surface area contributed by atoms with Gasteiger partial charge in [-0.1, -0.05) is 26.0 Å². The van der Waals surface area contributed by atoms with Gasteiger partial charge < -0.3 is 15.0 Å². The van der Waals surface area contributed by atoms with E-state index in [2.05, 4.69) is 45.1 Å². The fourth-order valence-corrected chi connectivity index (χ4v) is 2.52. The van der Waals surface area contributed by atoms with Crippen LogP contribution in [0.25, 0.3) is 0 Å². The van der Waals surface area contributed by atoms with Gasteiger partial charge >= 0.3 is 6.03 Å². The second-order valence-corrected chi connectivity index (χ2v) is 6.51. The van der Waals surface area contributed by atoms with Crippen LogP contribution >= 0.6 is 0 Å². The molecule has 0 bridgehead atoms. The standard InChI is InChI=1S/C19H32N2O2/c1-7-21(16(5)14(2)3)19(22)20-15(4)8-9-17-10-12-18(23-6)13-11-17/h10-16H,7-9H2,1-6H3,(H,20,22)/t15-,16+/m0/s1. The highest BCUT2D eigenvalue weighted by molar-refractivity contribution is 5.74. The van der Waals surface area contributed by atoms with Crippen molar-refractivity contribution >= 4 is 6.03 Å². The molecular formula is C19H32N2O2. The number of urea groups is 1. The van der Waals surface area contributed by atoms with Crippen LogP contribution in [0, 0.1) is 5.92 Å². The SMILES string of the molecule is CCN(C(=O)N[C@@H](C)CCc1ccc(OC)cc1)[C@H](C)C(C)C. The number of hydrogen-bond acceptors (Lipinski definition) is 2. The molecule has 0 fully saturated rings. The summed E-state index contributed by atoms with van der Waals surface area (Å²) in [6, 6.07) is 8.53. The van der Waals surface area contributed by atoms with Crippen molar-refractivity contribution in [3.63, 3.8) is 0 Å². The number of nitrogens with zero attached hydrogens (tertiary/aromatic N) is 1. The molecule has 1 N–H and O–H groups in total. The summed E-state index contributed by atoms with van der Waals surface area (Å²) in [6.45, 7) is 11.2. The summed E-state index contributed by atoms with van der Waals surface area (Å²) in [7, 11) is 1.67. The van der Waals surface area contributed by atoms with Crippen LogP contribution < -0.4 is 10.1 Å². The maximum Gasteiger partial charge on any atom is 0.317 e. The number of ether oxygens (including phenoxy) is 1. The second-order valence-electron chi connectivity index (χ2n) is 6.51. The normalized spacial score (nSPS) is 13.5. The number of methoxy groups -OCH3 is 1. The summed E-state index contributed by atoms with van der Waals surface area (Å²) in [5, 5.41) is 3.12. The molecular weight excluding hydrogens is 288 g/mol. The molecule has 130 valence electrons. The van der Waals surface area contributed by atoms with E-state index in [9.17, 15) is 4.79 Å². The Kier molecular flexibility index (Phi) is 7.93. The molecule has 1 rings (SSSR count). The number of benzene rings is 1. The van der Waals surface area contributed by atoms with Gasteiger partial charge in [-0.2, -0.15) is 0 Å². The maximum absolute atomic E-state index is 12.4. The van der Waals surface area contributed by atoms with E-state index in [1.165, 1.54) is 5.56 Å². The van der Waals surface area contributed by atoms with Crippen molar-refractivity contribution < 1.29 is 9.53 Å². The van der Waals surface area contributed by atoms with Gasteiger partial charge in [-0.15, -0.1) is 0 Å². The zero-order chi connectivity index (χ0) is 17.4. The van der Waals surface area contributed by atoms with E-state index in [4.69, 9.17) is 4.74 Å². The number of nitrogens with one attached hydrogen (secondary N) is 1. The van der Waals surface area contributed by atoms with Crippen molar-refractivity contribution in [2.75, 3.05) is 13.7 Å². The monoisotopic (exact) mass is 320 g/mol. The molecule has 2 amide bonds. The molecule has 0 saturated carbocycles. The first-order chi connectivity index (χ1) is 10.9. The lowest BCUT2D eigenvalue weighted by molar-refractivity contribution is 0.163. The molecule has 23 heavy (non-hydrogen) atoms. The van der Waals surface area contributed by atoms with Crippen LogP contribution in [-0.2, 0) is 6.42 Å². The lowest BCUT2D eigenvalue weighted by Gasteiger charge is -2.32. The van der Waals surface area contributed by atoms with Gasteiger partial charge in [0.25, 0.3) is 0 Å². The van der Waals surface area contributed by atoms with E-state index in [0.29, 0.717) is 5.92 Å². The quantitative estimate of drug-likeness (QED) is 0.784. The lowest BCUT2D eigenvalue weighted by Crippen LogP contribution is -2.49. The first-order valence-corrected chi connectivity index (χ1v) is 8.59. The van der Waals surface area contributed by atoms with Gasteiger partial charge in [0.15, 0.2) is 0 Å². The first kappa shape index (κ1) is 19.3. The van der Waals surface area contributed by atoms with Gasteiger partial charge in [0.2, 0.25) is 0 Å². The fraction of sp³-hybridized carbons (Fsp3) is 0.632. The van der Waals surface area contributed by atoms with Crippen LogP contribution in [0.4, 0.5) is 4.79 Å². The summed E-state index contributed by atoms with van der Waals surface area (Å²) < 4.78 is 5.17. The smallest absolute Gasteiger partial charge is 0.317 e. The Balaban J connectivity index is 2.48. The van der Waals surface area contributed by atoms with Gasteiger partial charge in [0.1, 0.15) is 5.75 Å². The number of aryl methyl sites for hydroxylation is 1. The first-order valence-electron chi connectivity index (χ1n) is 8.59. The zero-order valence-electron chi connectivity index (χ0n) is 15.4. The Morgan fingerprint density at radius 1 is 1.17 bits per heavy atom. The fourth-order valence-electron chi connectivity index (χ4n) is 2.52. The molecule has 0 radical (unpaired) electrons. The minimum absolute atomic E-state index is 0.0379. The van der Waals surface area contributed by atoms with E-state index < -0.39 is 0 Å². The minimum atomic E-state index is 0.0379. The highest BCUT2D eigenvalue weighted by Crippen LogP contribution is 2.14. The van der Waals surface area contributed by atoms with E-state index in [-0.39, 0.29) is 18.1 Å². The summed E-state index contributed by atoms with van der Waals surface area (Å²) in [4.78, 5) is 14.3. The van der Waals surface area contributed by atoms with Crippen molar-refractivity contribution in [1.29, 1.82) is 0 Å². The molecule has 1 aromatic rings. The summed E-state index contributed by atoms with van der Waals surface area (Å²) in [6.07, 6.45) is 1.86. The topological polar surface area (TPSA) is 41.6 Å². The van der Waals surface area contributed by atoms with Crippen molar-refractivity contribution in [1.82, 2.24) is 10.2 Å². The third-order valence-electron chi connectivity index (χ3n) is 4.45. The summed E-state index contributed by atoms with van der Waals surface area (Å²) in [5.41, 5.74) is 1.26. The molecule has 0 aliphatic rings. The predicted molar refractivity (Wildman–Crippen MR) is 96.0 cm³/mol. The Hall–Kier alpha value is -1.71. The number of amides is 2. The summed E-state index contributed by atoms with van der Waals surface area (Å²) in [5.74, 6) is 1.33.